The Morgan fingerprint density at radius 2 is 2.17 bits per heavy atom. The highest BCUT2D eigenvalue weighted by Gasteiger charge is 2.18. The summed E-state index contributed by atoms with van der Waals surface area (Å²) in [7, 11) is 0. The molecule has 3 heteroatoms. The van der Waals surface area contributed by atoms with Crippen LogP contribution in [-0.2, 0) is 0 Å². The van der Waals surface area contributed by atoms with Crippen molar-refractivity contribution in [2.75, 3.05) is 0 Å². The Labute approximate surface area is 76.5 Å². The maximum Gasteiger partial charge on any atom is 0.114 e. The van der Waals surface area contributed by atoms with Crippen molar-refractivity contribution in [1.29, 1.82) is 0 Å². The smallest absolute Gasteiger partial charge is 0.114 e. The van der Waals surface area contributed by atoms with Crippen molar-refractivity contribution >= 4 is 11.3 Å². The van der Waals surface area contributed by atoms with Crippen molar-refractivity contribution in [1.82, 2.24) is 0 Å². The molecular formula is C9H14O2S. The summed E-state index contributed by atoms with van der Waals surface area (Å²) in [6.07, 6.45) is -0.768. The van der Waals surface area contributed by atoms with Gasteiger partial charge < -0.3 is 10.2 Å². The molecule has 0 radical (unpaired) electrons. The molecule has 12 heavy (non-hydrogen) atoms. The second-order valence-electron chi connectivity index (χ2n) is 2.89. The summed E-state index contributed by atoms with van der Waals surface area (Å²) >= 11 is 1.49. The predicted octanol–water partition coefficient (Wildman–Crippen LogP) is 1.86. The van der Waals surface area contributed by atoms with Crippen LogP contribution in [0.2, 0.25) is 0 Å². The molecule has 2 atom stereocenters. The van der Waals surface area contributed by atoms with Crippen LogP contribution in [0.25, 0.3) is 0 Å². The number of aliphatic hydroxyl groups excluding tert-OH is 2. The fraction of sp³-hybridized carbons (Fsp3) is 0.556. The highest BCUT2D eigenvalue weighted by atomic mass is 32.1. The highest BCUT2D eigenvalue weighted by Crippen LogP contribution is 2.26. The summed E-state index contributed by atoms with van der Waals surface area (Å²) in [5.41, 5.74) is 1.06. The van der Waals surface area contributed by atoms with Crippen LogP contribution in [0, 0.1) is 6.92 Å². The molecule has 0 saturated carbocycles. The molecular weight excluding hydrogens is 172 g/mol. The van der Waals surface area contributed by atoms with Gasteiger partial charge in [0.05, 0.1) is 6.10 Å². The van der Waals surface area contributed by atoms with Gasteiger partial charge in [0.25, 0.3) is 0 Å². The van der Waals surface area contributed by atoms with Gasteiger partial charge in [-0.2, -0.15) is 0 Å². The molecule has 0 spiro atoms. The molecule has 2 N–H and O–H groups in total. The maximum atomic E-state index is 9.62. The highest BCUT2D eigenvalue weighted by molar-refractivity contribution is 7.10. The van der Waals surface area contributed by atoms with Gasteiger partial charge in [0.1, 0.15) is 6.10 Å². The van der Waals surface area contributed by atoms with E-state index in [0.717, 1.165) is 10.4 Å². The molecule has 0 amide bonds. The second-order valence-corrected chi connectivity index (χ2v) is 3.84. The number of hydrogen-bond donors (Lipinski definition) is 2. The number of hydrogen-bond acceptors (Lipinski definition) is 3. The molecule has 2 unspecified atom stereocenters. The van der Waals surface area contributed by atoms with Crippen LogP contribution in [-0.4, -0.2) is 16.3 Å². The third-order valence-corrected chi connectivity index (χ3v) is 3.04. The van der Waals surface area contributed by atoms with Crippen molar-refractivity contribution in [3.8, 4) is 0 Å². The Morgan fingerprint density at radius 3 is 2.58 bits per heavy atom. The Hall–Kier alpha value is -0.380. The first-order valence-corrected chi connectivity index (χ1v) is 4.95. The van der Waals surface area contributed by atoms with Crippen LogP contribution in [0.5, 0.6) is 0 Å². The fourth-order valence-electron chi connectivity index (χ4n) is 1.09. The average molecular weight is 186 g/mol. The Kier molecular flexibility index (Phi) is 3.26. The van der Waals surface area contributed by atoms with Crippen molar-refractivity contribution in [2.45, 2.75) is 32.5 Å². The summed E-state index contributed by atoms with van der Waals surface area (Å²) in [5.74, 6) is 0. The Balaban J connectivity index is 2.77. The van der Waals surface area contributed by atoms with Crippen LogP contribution in [0.4, 0.5) is 0 Å². The molecule has 1 aromatic rings. The largest absolute Gasteiger partial charge is 0.390 e. The van der Waals surface area contributed by atoms with Crippen LogP contribution in [0.3, 0.4) is 0 Å². The summed E-state index contributed by atoms with van der Waals surface area (Å²) in [4.78, 5) is 0.879. The lowest BCUT2D eigenvalue weighted by Crippen LogP contribution is -2.16. The van der Waals surface area contributed by atoms with Crippen LogP contribution in [0.15, 0.2) is 11.4 Å². The van der Waals surface area contributed by atoms with Crippen LogP contribution < -0.4 is 0 Å². The minimum absolute atomic E-state index is 0.582. The summed E-state index contributed by atoms with van der Waals surface area (Å²) in [6.45, 7) is 3.80. The topological polar surface area (TPSA) is 40.5 Å². The van der Waals surface area contributed by atoms with Gasteiger partial charge in [0.2, 0.25) is 0 Å². The molecule has 0 aliphatic carbocycles. The van der Waals surface area contributed by atoms with Gasteiger partial charge in [0.15, 0.2) is 0 Å². The lowest BCUT2D eigenvalue weighted by Gasteiger charge is -2.15. The van der Waals surface area contributed by atoms with E-state index >= 15 is 0 Å². The molecule has 0 fully saturated rings. The lowest BCUT2D eigenvalue weighted by molar-refractivity contribution is 0.0183. The van der Waals surface area contributed by atoms with Crippen molar-refractivity contribution < 1.29 is 10.2 Å². The fourth-order valence-corrected chi connectivity index (χ4v) is 2.05. The minimum Gasteiger partial charge on any atom is -0.390 e. The Bertz CT molecular complexity index is 244. The van der Waals surface area contributed by atoms with Gasteiger partial charge in [-0.25, -0.2) is 0 Å². The third-order valence-electron chi connectivity index (χ3n) is 1.95. The van der Waals surface area contributed by atoms with Crippen LogP contribution >= 0.6 is 11.3 Å². The third kappa shape index (κ3) is 1.86. The van der Waals surface area contributed by atoms with Crippen molar-refractivity contribution in [3.05, 3.63) is 21.9 Å². The van der Waals surface area contributed by atoms with E-state index in [1.54, 1.807) is 0 Å². The van der Waals surface area contributed by atoms with Gasteiger partial charge in [-0.1, -0.05) is 6.92 Å². The monoisotopic (exact) mass is 186 g/mol. The quantitative estimate of drug-likeness (QED) is 0.756. The predicted molar refractivity (Wildman–Crippen MR) is 50.3 cm³/mol. The van der Waals surface area contributed by atoms with Gasteiger partial charge in [-0.05, 0) is 30.4 Å². The zero-order valence-corrected chi connectivity index (χ0v) is 8.14. The van der Waals surface area contributed by atoms with Crippen molar-refractivity contribution in [3.63, 3.8) is 0 Å². The van der Waals surface area contributed by atoms with Gasteiger partial charge in [-0.3, -0.25) is 0 Å². The van der Waals surface area contributed by atoms with E-state index in [-0.39, 0.29) is 0 Å². The number of rotatable bonds is 3. The van der Waals surface area contributed by atoms with E-state index in [4.69, 9.17) is 0 Å². The van der Waals surface area contributed by atoms with Gasteiger partial charge in [0, 0.05) is 4.88 Å². The molecule has 0 aliphatic heterocycles. The lowest BCUT2D eigenvalue weighted by atomic mass is 10.1. The summed E-state index contributed by atoms with van der Waals surface area (Å²) < 4.78 is 0. The average Bonchev–Trinajstić information content (AvgIpc) is 2.48. The molecule has 68 valence electrons. The Morgan fingerprint density at radius 1 is 1.50 bits per heavy atom. The molecule has 0 aliphatic rings. The molecule has 1 rings (SSSR count). The maximum absolute atomic E-state index is 9.62. The minimum atomic E-state index is -0.713. The number of thiophene rings is 1. The first kappa shape index (κ1) is 9.71. The molecule has 0 saturated heterocycles. The van der Waals surface area contributed by atoms with E-state index in [9.17, 15) is 10.2 Å². The normalized spacial score (nSPS) is 16.0. The number of aliphatic hydroxyl groups is 2. The molecule has 1 aromatic heterocycles. The standard InChI is InChI=1S/C9H14O2S/c1-3-7(10)8(11)9-6(2)4-5-12-9/h4-5,7-8,10-11H,3H2,1-2H3. The summed E-state index contributed by atoms with van der Waals surface area (Å²) in [5, 5.41) is 20.9. The van der Waals surface area contributed by atoms with Crippen molar-refractivity contribution in [2.24, 2.45) is 0 Å². The first-order chi connectivity index (χ1) is 5.66. The van der Waals surface area contributed by atoms with Crippen LogP contribution in [0.1, 0.15) is 29.9 Å². The van der Waals surface area contributed by atoms with E-state index in [2.05, 4.69) is 0 Å². The number of aryl methyl sites for hydroxylation is 1. The first-order valence-electron chi connectivity index (χ1n) is 4.07. The molecule has 0 aromatic carbocycles. The SMILES string of the molecule is CCC(O)C(O)c1sccc1C. The molecule has 1 heterocycles. The van der Waals surface area contributed by atoms with E-state index in [1.165, 1.54) is 11.3 Å². The molecule has 0 bridgehead atoms. The zero-order valence-electron chi connectivity index (χ0n) is 7.32. The van der Waals surface area contributed by atoms with E-state index in [0.29, 0.717) is 6.42 Å². The second kappa shape index (κ2) is 4.03. The zero-order chi connectivity index (χ0) is 9.14. The summed E-state index contributed by atoms with van der Waals surface area (Å²) in [6, 6.07) is 1.95. The van der Waals surface area contributed by atoms with Gasteiger partial charge >= 0.3 is 0 Å². The van der Waals surface area contributed by atoms with Gasteiger partial charge in [-0.15, -0.1) is 11.3 Å². The molecule has 2 nitrogen and oxygen atoms in total. The van der Waals surface area contributed by atoms with E-state index in [1.807, 2.05) is 25.3 Å². The van der Waals surface area contributed by atoms with E-state index < -0.39 is 12.2 Å².